The Kier molecular flexibility index (Phi) is 7.41. The Balaban J connectivity index is 1.31. The second-order valence-electron chi connectivity index (χ2n) is 20.8. The molecule has 4 heteroatoms. The van der Waals surface area contributed by atoms with Gasteiger partial charge in [0.25, 0.3) is 0 Å². The van der Waals surface area contributed by atoms with Crippen LogP contribution >= 0.6 is 11.3 Å². The fourth-order valence-electron chi connectivity index (χ4n) is 12.1. The van der Waals surface area contributed by atoms with Crippen molar-refractivity contribution in [3.05, 3.63) is 144 Å². The number of hydrogen-bond acceptors (Lipinski definition) is 3. The molecule has 12 rings (SSSR count). The van der Waals surface area contributed by atoms with Crippen LogP contribution in [-0.4, -0.2) is 12.4 Å². The molecule has 0 amide bonds. The summed E-state index contributed by atoms with van der Waals surface area (Å²) in [6, 6.07) is 49.7. The minimum atomic E-state index is -0.0597. The number of fused-ring (bicyclic) bond motifs is 13. The topological polar surface area (TPSA) is 6.48 Å². The molecule has 0 radical (unpaired) electrons. The highest BCUT2D eigenvalue weighted by Crippen LogP contribution is 2.63. The lowest BCUT2D eigenvalue weighted by Gasteiger charge is -2.53. The second kappa shape index (κ2) is 12.2. The standard InChI is InChI=1S/C56H53BN2S/c1-53(2,3)36-24-25-43(40(31-36)34-18-10-9-11-19-34)59-44-26-27-47-48(39-22-14-15-23-46(39)60-47)50(44)49-38-21-13-12-20-35(38)30-45-51(49)57(59)42-33-37(54(4,5)6)32-41-52(42)58(45)56(8)29-17-16-28-55(41,56)7/h9-15,18-27,30-33H,16-17,28-29H2,1-8H3. The molecule has 8 aromatic rings. The van der Waals surface area contributed by atoms with Crippen LogP contribution in [0.3, 0.4) is 0 Å². The predicted molar refractivity (Wildman–Crippen MR) is 262 cm³/mol. The van der Waals surface area contributed by atoms with Crippen molar-refractivity contribution in [3.63, 3.8) is 0 Å². The van der Waals surface area contributed by atoms with Gasteiger partial charge in [0, 0.05) is 59.5 Å². The maximum atomic E-state index is 2.90. The number of benzene rings is 7. The SMILES string of the molecule is CC(C)(C)c1ccc(N2B3c4cc(C(C)(C)C)cc5c4N(c4cc6ccccc6c(c43)-c3c2ccc2sc4ccccc4c32)C2(C)CCCCC52C)c(-c2ccccc2)c1. The van der Waals surface area contributed by atoms with Crippen LogP contribution in [0.4, 0.5) is 22.7 Å². The molecule has 4 heterocycles. The zero-order valence-corrected chi connectivity index (χ0v) is 37.1. The zero-order valence-electron chi connectivity index (χ0n) is 36.3. The van der Waals surface area contributed by atoms with E-state index in [-0.39, 0.29) is 28.6 Å². The molecule has 2 nitrogen and oxygen atoms in total. The molecular weight excluding hydrogens is 744 g/mol. The summed E-state index contributed by atoms with van der Waals surface area (Å²) in [5, 5.41) is 5.41. The smallest absolute Gasteiger partial charge is 0.333 e. The van der Waals surface area contributed by atoms with Crippen LogP contribution in [0.25, 0.3) is 53.2 Å². The van der Waals surface area contributed by atoms with E-state index in [1.165, 1.54) is 124 Å². The third-order valence-electron chi connectivity index (χ3n) is 15.5. The van der Waals surface area contributed by atoms with Crippen molar-refractivity contribution in [1.29, 1.82) is 0 Å². The number of anilines is 4. The van der Waals surface area contributed by atoms with Gasteiger partial charge in [-0.2, -0.15) is 0 Å². The Morgan fingerprint density at radius 3 is 2.08 bits per heavy atom. The summed E-state index contributed by atoms with van der Waals surface area (Å²) in [6.07, 6.45) is 4.92. The van der Waals surface area contributed by atoms with Crippen molar-refractivity contribution in [2.45, 2.75) is 103 Å². The Hall–Kier alpha value is -5.32. The van der Waals surface area contributed by atoms with Gasteiger partial charge in [0.15, 0.2) is 0 Å². The maximum absolute atomic E-state index is 2.90. The van der Waals surface area contributed by atoms with Gasteiger partial charge in [-0.1, -0.05) is 152 Å². The quantitative estimate of drug-likeness (QED) is 0.161. The summed E-state index contributed by atoms with van der Waals surface area (Å²) in [7, 11) is 0. The van der Waals surface area contributed by atoms with Crippen molar-refractivity contribution in [2.75, 3.05) is 9.71 Å². The van der Waals surface area contributed by atoms with Gasteiger partial charge < -0.3 is 9.71 Å². The highest BCUT2D eigenvalue weighted by molar-refractivity contribution is 7.26. The molecule has 0 N–H and O–H groups in total. The van der Waals surface area contributed by atoms with E-state index in [1.807, 2.05) is 11.3 Å². The molecule has 1 fully saturated rings. The van der Waals surface area contributed by atoms with E-state index in [2.05, 4.69) is 192 Å². The lowest BCUT2D eigenvalue weighted by Crippen LogP contribution is -2.64. The number of rotatable bonds is 2. The fraction of sp³-hybridized carbons (Fsp3) is 0.286. The molecule has 1 saturated carbocycles. The first-order valence-corrected chi connectivity index (χ1v) is 23.1. The summed E-state index contributed by atoms with van der Waals surface area (Å²) in [4.78, 5) is 5.71. The van der Waals surface area contributed by atoms with E-state index in [0.29, 0.717) is 0 Å². The molecule has 0 saturated heterocycles. The van der Waals surface area contributed by atoms with Crippen LogP contribution in [0.15, 0.2) is 127 Å². The van der Waals surface area contributed by atoms with Crippen molar-refractivity contribution < 1.29 is 0 Å². The third-order valence-corrected chi connectivity index (χ3v) is 16.6. The first-order valence-electron chi connectivity index (χ1n) is 22.3. The minimum Gasteiger partial charge on any atom is -0.376 e. The molecular formula is C56H53BN2S. The van der Waals surface area contributed by atoms with E-state index < -0.39 is 0 Å². The van der Waals surface area contributed by atoms with E-state index in [9.17, 15) is 0 Å². The molecule has 0 spiro atoms. The van der Waals surface area contributed by atoms with Gasteiger partial charge in [0.2, 0.25) is 0 Å². The largest absolute Gasteiger partial charge is 0.376 e. The molecule has 7 aromatic carbocycles. The Morgan fingerprint density at radius 2 is 1.30 bits per heavy atom. The minimum absolute atomic E-state index is 0.00328. The Labute approximate surface area is 360 Å². The molecule has 296 valence electrons. The van der Waals surface area contributed by atoms with Crippen LogP contribution in [0.2, 0.25) is 0 Å². The molecule has 0 bridgehead atoms. The monoisotopic (exact) mass is 796 g/mol. The molecule has 4 aliphatic rings. The van der Waals surface area contributed by atoms with Gasteiger partial charge in [-0.25, -0.2) is 0 Å². The van der Waals surface area contributed by atoms with E-state index >= 15 is 0 Å². The summed E-state index contributed by atoms with van der Waals surface area (Å²) in [5.74, 6) is 0. The van der Waals surface area contributed by atoms with Gasteiger partial charge >= 0.3 is 6.85 Å². The van der Waals surface area contributed by atoms with E-state index in [1.54, 1.807) is 5.56 Å². The number of nitrogens with zero attached hydrogens (tertiary/aromatic N) is 2. The first kappa shape index (κ1) is 36.5. The van der Waals surface area contributed by atoms with Crippen LogP contribution in [0.5, 0.6) is 0 Å². The van der Waals surface area contributed by atoms with E-state index in [0.717, 1.165) is 0 Å². The van der Waals surface area contributed by atoms with Crippen LogP contribution in [-0.2, 0) is 16.2 Å². The van der Waals surface area contributed by atoms with Crippen molar-refractivity contribution in [1.82, 2.24) is 0 Å². The highest BCUT2D eigenvalue weighted by Gasteiger charge is 2.62. The Morgan fingerprint density at radius 1 is 0.600 bits per heavy atom. The summed E-state index contributed by atoms with van der Waals surface area (Å²) < 4.78 is 2.70. The number of hydrogen-bond donors (Lipinski definition) is 0. The van der Waals surface area contributed by atoms with Gasteiger partial charge in [-0.3, -0.25) is 0 Å². The molecule has 1 aliphatic carbocycles. The van der Waals surface area contributed by atoms with Gasteiger partial charge in [0.05, 0.1) is 5.54 Å². The third kappa shape index (κ3) is 4.72. The van der Waals surface area contributed by atoms with Crippen molar-refractivity contribution >= 4 is 82.8 Å². The molecule has 60 heavy (non-hydrogen) atoms. The first-order chi connectivity index (χ1) is 28.8. The highest BCUT2D eigenvalue weighted by atomic mass is 32.1. The average Bonchev–Trinajstić information content (AvgIpc) is 3.72. The lowest BCUT2D eigenvalue weighted by molar-refractivity contribution is 0.195. The normalized spacial score (nSPS) is 20.4. The fourth-order valence-corrected chi connectivity index (χ4v) is 13.2. The van der Waals surface area contributed by atoms with Crippen molar-refractivity contribution in [3.8, 4) is 22.3 Å². The van der Waals surface area contributed by atoms with Crippen LogP contribution in [0, 0.1) is 0 Å². The van der Waals surface area contributed by atoms with Crippen LogP contribution in [0.1, 0.15) is 97.8 Å². The van der Waals surface area contributed by atoms with Crippen molar-refractivity contribution in [2.24, 2.45) is 0 Å². The zero-order chi connectivity index (χ0) is 41.1. The average molecular weight is 797 g/mol. The summed E-state index contributed by atoms with van der Waals surface area (Å²) >= 11 is 1.93. The number of thiophene rings is 1. The van der Waals surface area contributed by atoms with Crippen LogP contribution < -0.4 is 20.6 Å². The van der Waals surface area contributed by atoms with Gasteiger partial charge in [0.1, 0.15) is 0 Å². The molecule has 2 unspecified atom stereocenters. The molecule has 2 atom stereocenters. The summed E-state index contributed by atoms with van der Waals surface area (Å²) in [5.41, 5.74) is 18.0. The van der Waals surface area contributed by atoms with Gasteiger partial charge in [-0.05, 0) is 117 Å². The molecule has 3 aliphatic heterocycles. The van der Waals surface area contributed by atoms with E-state index in [4.69, 9.17) is 0 Å². The maximum Gasteiger partial charge on any atom is 0.333 e. The lowest BCUT2D eigenvalue weighted by atomic mass is 9.42. The Bertz CT molecular complexity index is 3130. The predicted octanol–water partition coefficient (Wildman–Crippen LogP) is 14.4. The second-order valence-corrected chi connectivity index (χ2v) is 21.9. The molecule has 1 aromatic heterocycles. The summed E-state index contributed by atoms with van der Waals surface area (Å²) in [6.45, 7) is 19.5. The van der Waals surface area contributed by atoms with Gasteiger partial charge in [-0.15, -0.1) is 11.3 Å².